The first-order valence-corrected chi connectivity index (χ1v) is 7.14. The number of hydrogen-bond acceptors (Lipinski definition) is 3. The lowest BCUT2D eigenvalue weighted by molar-refractivity contribution is 0.594. The number of rotatable bonds is 4. The predicted octanol–water partition coefficient (Wildman–Crippen LogP) is 3.72. The van der Waals surface area contributed by atoms with Gasteiger partial charge in [0.25, 0.3) is 0 Å². The lowest BCUT2D eigenvalue weighted by Crippen LogP contribution is -2.18. The van der Waals surface area contributed by atoms with Gasteiger partial charge in [-0.1, -0.05) is 0 Å². The van der Waals surface area contributed by atoms with Crippen LogP contribution in [0.15, 0.2) is 34.9 Å². The Labute approximate surface area is 114 Å². The van der Waals surface area contributed by atoms with Crippen molar-refractivity contribution in [3.05, 3.63) is 50.4 Å². The highest BCUT2D eigenvalue weighted by Gasteiger charge is 2.12. The monoisotopic (exact) mass is 310 g/mol. The van der Waals surface area contributed by atoms with Gasteiger partial charge in [-0.25, -0.2) is 0 Å². The summed E-state index contributed by atoms with van der Waals surface area (Å²) in [6, 6.07) is 8.81. The Bertz CT molecular complexity index is 478. The molecule has 2 nitrogen and oxygen atoms in total. The summed E-state index contributed by atoms with van der Waals surface area (Å²) in [6.45, 7) is 2.14. The minimum atomic E-state index is 0.349. The number of pyridine rings is 1. The zero-order chi connectivity index (χ0) is 12.3. The van der Waals surface area contributed by atoms with Crippen LogP contribution in [0.5, 0.6) is 0 Å². The molecule has 1 N–H and O–H groups in total. The highest BCUT2D eigenvalue weighted by Crippen LogP contribution is 2.25. The second-order valence-electron chi connectivity index (χ2n) is 3.96. The van der Waals surface area contributed by atoms with E-state index >= 15 is 0 Å². The predicted molar refractivity (Wildman–Crippen MR) is 76.5 cm³/mol. The standard InChI is InChI=1S/C13H15BrN2S/c1-9-3-6-13(17-9)12(15-2)7-11-5-4-10(14)8-16-11/h3-6,8,12,15H,7H2,1-2H3. The number of halogens is 1. The van der Waals surface area contributed by atoms with E-state index in [1.165, 1.54) is 9.75 Å². The third-order valence-corrected chi connectivity index (χ3v) is 4.24. The molecular formula is C13H15BrN2S. The van der Waals surface area contributed by atoms with E-state index in [1.54, 1.807) is 0 Å². The molecular weight excluding hydrogens is 296 g/mol. The third-order valence-electron chi connectivity index (χ3n) is 2.65. The minimum absolute atomic E-state index is 0.349. The van der Waals surface area contributed by atoms with Crippen molar-refractivity contribution in [1.29, 1.82) is 0 Å². The minimum Gasteiger partial charge on any atom is -0.312 e. The SMILES string of the molecule is CNC(Cc1ccc(Br)cn1)c1ccc(C)s1. The van der Waals surface area contributed by atoms with Crippen LogP contribution in [0.25, 0.3) is 0 Å². The van der Waals surface area contributed by atoms with Gasteiger partial charge >= 0.3 is 0 Å². The van der Waals surface area contributed by atoms with Gasteiger partial charge in [0.1, 0.15) is 0 Å². The molecule has 0 bridgehead atoms. The van der Waals surface area contributed by atoms with Crippen LogP contribution in [-0.2, 0) is 6.42 Å². The molecule has 2 heterocycles. The fourth-order valence-corrected chi connectivity index (χ4v) is 2.94. The summed E-state index contributed by atoms with van der Waals surface area (Å²) in [7, 11) is 2.00. The van der Waals surface area contributed by atoms with Gasteiger partial charge in [0.2, 0.25) is 0 Å². The summed E-state index contributed by atoms with van der Waals surface area (Å²) >= 11 is 5.24. The molecule has 2 aromatic heterocycles. The first kappa shape index (κ1) is 12.7. The smallest absolute Gasteiger partial charge is 0.0468 e. The van der Waals surface area contributed by atoms with E-state index in [1.807, 2.05) is 30.6 Å². The highest BCUT2D eigenvalue weighted by molar-refractivity contribution is 9.10. The number of nitrogens with one attached hydrogen (secondary N) is 1. The van der Waals surface area contributed by atoms with Crippen molar-refractivity contribution in [3.8, 4) is 0 Å². The van der Waals surface area contributed by atoms with Crippen molar-refractivity contribution < 1.29 is 0 Å². The van der Waals surface area contributed by atoms with E-state index in [0.717, 1.165) is 16.6 Å². The van der Waals surface area contributed by atoms with Crippen LogP contribution in [0, 0.1) is 6.92 Å². The maximum Gasteiger partial charge on any atom is 0.0468 e. The van der Waals surface area contributed by atoms with Crippen LogP contribution in [0.4, 0.5) is 0 Å². The van der Waals surface area contributed by atoms with Crippen molar-refractivity contribution in [2.45, 2.75) is 19.4 Å². The fourth-order valence-electron chi connectivity index (χ4n) is 1.72. The largest absolute Gasteiger partial charge is 0.312 e. The van der Waals surface area contributed by atoms with Crippen LogP contribution in [0.3, 0.4) is 0 Å². The molecule has 0 aliphatic heterocycles. The molecule has 0 aliphatic rings. The molecule has 1 atom stereocenters. The molecule has 2 rings (SSSR count). The van der Waals surface area contributed by atoms with E-state index in [9.17, 15) is 0 Å². The Kier molecular flexibility index (Phi) is 4.31. The molecule has 0 aromatic carbocycles. The number of hydrogen-bond donors (Lipinski definition) is 1. The van der Waals surface area contributed by atoms with E-state index in [2.05, 4.69) is 51.4 Å². The first-order chi connectivity index (χ1) is 8.19. The number of nitrogens with zero attached hydrogens (tertiary/aromatic N) is 1. The summed E-state index contributed by atoms with van der Waals surface area (Å²) < 4.78 is 1.02. The zero-order valence-corrected chi connectivity index (χ0v) is 12.3. The van der Waals surface area contributed by atoms with Crippen LogP contribution in [-0.4, -0.2) is 12.0 Å². The normalized spacial score (nSPS) is 12.6. The molecule has 0 amide bonds. The molecule has 90 valence electrons. The van der Waals surface area contributed by atoms with Crippen LogP contribution < -0.4 is 5.32 Å². The highest BCUT2D eigenvalue weighted by atomic mass is 79.9. The van der Waals surface area contributed by atoms with Crippen LogP contribution >= 0.6 is 27.3 Å². The Hall–Kier alpha value is -0.710. The van der Waals surface area contributed by atoms with Crippen molar-refractivity contribution in [1.82, 2.24) is 10.3 Å². The summed E-state index contributed by atoms with van der Waals surface area (Å²) in [5.41, 5.74) is 1.11. The summed E-state index contributed by atoms with van der Waals surface area (Å²) in [6.07, 6.45) is 2.77. The quantitative estimate of drug-likeness (QED) is 0.931. The van der Waals surface area contributed by atoms with Gasteiger partial charge in [-0.3, -0.25) is 4.98 Å². The fraction of sp³-hybridized carbons (Fsp3) is 0.308. The molecule has 4 heteroatoms. The average molecular weight is 311 g/mol. The van der Waals surface area contributed by atoms with Crippen LogP contribution in [0.1, 0.15) is 21.5 Å². The Morgan fingerprint density at radius 1 is 1.35 bits per heavy atom. The Morgan fingerprint density at radius 3 is 2.71 bits per heavy atom. The number of aromatic nitrogens is 1. The van der Waals surface area contributed by atoms with E-state index in [4.69, 9.17) is 0 Å². The number of aryl methyl sites for hydroxylation is 1. The summed E-state index contributed by atoms with van der Waals surface area (Å²) in [5, 5.41) is 3.35. The van der Waals surface area contributed by atoms with Gasteiger partial charge in [-0.15, -0.1) is 11.3 Å². The van der Waals surface area contributed by atoms with Crippen molar-refractivity contribution in [3.63, 3.8) is 0 Å². The molecule has 0 saturated carbocycles. The van der Waals surface area contributed by atoms with E-state index < -0.39 is 0 Å². The van der Waals surface area contributed by atoms with Gasteiger partial charge in [0.15, 0.2) is 0 Å². The maximum atomic E-state index is 4.42. The molecule has 1 unspecified atom stereocenters. The second kappa shape index (κ2) is 5.76. The van der Waals surface area contributed by atoms with Gasteiger partial charge < -0.3 is 5.32 Å². The maximum absolute atomic E-state index is 4.42. The second-order valence-corrected chi connectivity index (χ2v) is 6.20. The molecule has 17 heavy (non-hydrogen) atoms. The first-order valence-electron chi connectivity index (χ1n) is 5.53. The molecule has 0 spiro atoms. The van der Waals surface area contributed by atoms with Gasteiger partial charge in [-0.2, -0.15) is 0 Å². The van der Waals surface area contributed by atoms with Gasteiger partial charge in [0, 0.05) is 38.6 Å². The van der Waals surface area contributed by atoms with Crippen molar-refractivity contribution in [2.75, 3.05) is 7.05 Å². The molecule has 0 saturated heterocycles. The van der Waals surface area contributed by atoms with Crippen molar-refractivity contribution >= 4 is 27.3 Å². The Morgan fingerprint density at radius 2 is 2.18 bits per heavy atom. The van der Waals surface area contributed by atoms with E-state index in [-0.39, 0.29) is 0 Å². The summed E-state index contributed by atoms with van der Waals surface area (Å²) in [4.78, 5) is 7.14. The Balaban J connectivity index is 2.12. The number of likely N-dealkylation sites (N-methyl/N-ethyl adjacent to an activating group) is 1. The molecule has 0 aliphatic carbocycles. The third kappa shape index (κ3) is 3.37. The van der Waals surface area contributed by atoms with Gasteiger partial charge in [-0.05, 0) is 54.2 Å². The molecule has 2 aromatic rings. The molecule has 0 radical (unpaired) electrons. The lowest BCUT2D eigenvalue weighted by Gasteiger charge is -2.13. The topological polar surface area (TPSA) is 24.9 Å². The van der Waals surface area contributed by atoms with Crippen LogP contribution in [0.2, 0.25) is 0 Å². The van der Waals surface area contributed by atoms with Gasteiger partial charge in [0.05, 0.1) is 0 Å². The number of thiophene rings is 1. The molecule has 0 fully saturated rings. The summed E-state index contributed by atoms with van der Waals surface area (Å²) in [5.74, 6) is 0. The van der Waals surface area contributed by atoms with Crippen molar-refractivity contribution in [2.24, 2.45) is 0 Å². The zero-order valence-electron chi connectivity index (χ0n) is 9.90. The lowest BCUT2D eigenvalue weighted by atomic mass is 10.1. The van der Waals surface area contributed by atoms with E-state index in [0.29, 0.717) is 6.04 Å². The average Bonchev–Trinajstić information content (AvgIpc) is 2.75.